The second kappa shape index (κ2) is 73.6. The van der Waals surface area contributed by atoms with Crippen molar-refractivity contribution in [1.82, 2.24) is 0 Å². The number of hydrogen-bond donors (Lipinski definition) is 12. The summed E-state index contributed by atoms with van der Waals surface area (Å²) in [5, 5.41) is 19.5. The van der Waals surface area contributed by atoms with Crippen LogP contribution in [0.15, 0.2) is 284 Å². The molecule has 0 saturated heterocycles. The van der Waals surface area contributed by atoms with Crippen LogP contribution in [0.2, 0.25) is 32.0 Å². The van der Waals surface area contributed by atoms with Crippen LogP contribution in [0.4, 0.5) is 4.39 Å². The highest BCUT2D eigenvalue weighted by molar-refractivity contribution is 7.51. The Balaban J connectivity index is 0.000000380. The fraction of sp³-hybridized carbons (Fsp3) is 0.459. The molecular weight excluding hydrogens is 1650 g/mol. The van der Waals surface area contributed by atoms with E-state index in [1.807, 2.05) is 78.1 Å². The van der Waals surface area contributed by atoms with Crippen LogP contribution in [-0.2, 0) is 27.0 Å². The lowest BCUT2D eigenvalue weighted by Crippen LogP contribution is -2.53. The molecule has 706 valence electrons. The number of thiophene rings is 1. The highest BCUT2D eigenvalue weighted by Crippen LogP contribution is 2.36. The van der Waals surface area contributed by atoms with Crippen molar-refractivity contribution < 1.29 is 84.2 Å². The minimum absolute atomic E-state index is 0.0193. The van der Waals surface area contributed by atoms with Crippen molar-refractivity contribution in [3.63, 3.8) is 0 Å². The molecule has 28 N–H and O–H groups in total. The van der Waals surface area contributed by atoms with Gasteiger partial charge in [0.15, 0.2) is 0 Å². The van der Waals surface area contributed by atoms with Crippen LogP contribution in [0.3, 0.4) is 0 Å². The fourth-order valence-corrected chi connectivity index (χ4v) is 18.2. The smallest absolute Gasteiger partial charge is 0.427 e. The van der Waals surface area contributed by atoms with Crippen molar-refractivity contribution in [2.75, 3.05) is 12.8 Å². The third-order valence-electron chi connectivity index (χ3n) is 23.6. The molecule has 8 atom stereocenters. The van der Waals surface area contributed by atoms with Crippen molar-refractivity contribution in [2.45, 2.75) is 300 Å². The Kier molecular flexibility index (Phi) is 65.7. The predicted molar refractivity (Wildman–Crippen MR) is 538 cm³/mol. The number of alkyl halides is 1. The fourth-order valence-electron chi connectivity index (χ4n) is 15.5. The molecule has 20 heteroatoms. The Morgan fingerprint density at radius 2 is 0.682 bits per heavy atom. The minimum atomic E-state index is -3.82. The van der Waals surface area contributed by atoms with Crippen molar-refractivity contribution in [3.8, 4) is 0 Å². The molecule has 0 amide bonds. The Labute approximate surface area is 782 Å². The number of aryl methyl sites for hydroxylation is 3. The maximum atomic E-state index is 11.8. The molecule has 9 aromatic carbocycles. The van der Waals surface area contributed by atoms with Crippen LogP contribution in [-0.4, -0.2) is 54.0 Å². The molecule has 11 rings (SSSR count). The van der Waals surface area contributed by atoms with Gasteiger partial charge in [-0.05, 0) is 126 Å². The molecule has 10 aromatic rings. The molecule has 1 aliphatic carbocycles. The van der Waals surface area contributed by atoms with E-state index in [2.05, 4.69) is 297 Å². The summed E-state index contributed by atoms with van der Waals surface area (Å²) in [7, 11) is -5.81. The lowest BCUT2D eigenvalue weighted by atomic mass is 9.83. The molecular formula is C109H171BFN8O7PSSi+8. The molecule has 1 aromatic heterocycles. The van der Waals surface area contributed by atoms with E-state index in [1.54, 1.807) is 0 Å². The average molecular weight is 1830 g/mol. The molecule has 0 radical (unpaired) electrons. The van der Waals surface area contributed by atoms with Crippen LogP contribution >= 0.6 is 18.9 Å². The number of benzene rings is 9. The first kappa shape index (κ1) is 115. The van der Waals surface area contributed by atoms with Crippen molar-refractivity contribution in [1.29, 1.82) is 0 Å². The molecule has 0 aliphatic heterocycles. The van der Waals surface area contributed by atoms with Crippen LogP contribution < -0.4 is 45.9 Å². The second-order valence-corrected chi connectivity index (χ2v) is 44.5. The van der Waals surface area contributed by atoms with E-state index < -0.39 is 22.8 Å². The van der Waals surface area contributed by atoms with Gasteiger partial charge in [-0.15, -0.1) is 11.3 Å². The molecule has 129 heavy (non-hydrogen) atoms. The largest absolute Gasteiger partial charge is 0.451 e. The zero-order valence-corrected chi connectivity index (χ0v) is 82.5. The summed E-state index contributed by atoms with van der Waals surface area (Å²) >= 11 is 1.86. The summed E-state index contributed by atoms with van der Waals surface area (Å²) in [5.74, 6) is 1.04. The van der Waals surface area contributed by atoms with E-state index in [-0.39, 0.29) is 25.0 Å². The summed E-state index contributed by atoms with van der Waals surface area (Å²) in [6.45, 7) is 11.5. The summed E-state index contributed by atoms with van der Waals surface area (Å²) in [4.78, 5) is 35.1. The highest BCUT2D eigenvalue weighted by atomic mass is 32.1. The lowest BCUT2D eigenvalue weighted by Gasteiger charge is -2.21. The first-order valence-corrected chi connectivity index (χ1v) is 54.7. The number of carbonyl (C=O) groups excluding carboxylic acids is 2. The molecule has 1 aliphatic rings. The molecule has 0 bridgehead atoms. The Morgan fingerprint density at radius 1 is 0.388 bits per heavy atom. The van der Waals surface area contributed by atoms with Gasteiger partial charge < -0.3 is 65.7 Å². The molecule has 8 unspecified atom stereocenters. The van der Waals surface area contributed by atoms with Gasteiger partial charge in [0, 0.05) is 115 Å². The summed E-state index contributed by atoms with van der Waals surface area (Å²) in [6, 6.07) is 101. The zero-order valence-electron chi connectivity index (χ0n) is 79.8. The minimum Gasteiger partial charge on any atom is -0.427 e. The number of hydrogen-bond acceptors (Lipinski definition) is 6. The van der Waals surface area contributed by atoms with Gasteiger partial charge in [0.05, 0.1) is 6.67 Å². The number of quaternary nitrogens is 8. The summed E-state index contributed by atoms with van der Waals surface area (Å²) < 4.78 is 22.5. The maximum Gasteiger partial charge on any atom is 0.451 e. The first-order chi connectivity index (χ1) is 62.2. The molecule has 1 saturated carbocycles. The summed E-state index contributed by atoms with van der Waals surface area (Å²) in [5.41, 5.74) is 46.8. The van der Waals surface area contributed by atoms with Gasteiger partial charge in [0.25, 0.3) is 0 Å². The van der Waals surface area contributed by atoms with Gasteiger partial charge in [-0.25, -0.2) is 0 Å². The van der Waals surface area contributed by atoms with Crippen molar-refractivity contribution in [2.24, 2.45) is 5.92 Å². The van der Waals surface area contributed by atoms with E-state index in [9.17, 15) is 8.96 Å². The molecule has 1 heterocycles. The van der Waals surface area contributed by atoms with Gasteiger partial charge in [0.1, 0.15) is 48.3 Å². The van der Waals surface area contributed by atoms with Crippen molar-refractivity contribution in [3.05, 3.63) is 345 Å². The number of unbranched alkanes of at least 4 members (excludes halogenated alkanes) is 8. The van der Waals surface area contributed by atoms with Crippen LogP contribution in [0, 0.1) is 12.8 Å². The van der Waals surface area contributed by atoms with Crippen LogP contribution in [0.5, 0.6) is 0 Å². The predicted octanol–water partition coefficient (Wildman–Crippen LogP) is 20.3. The van der Waals surface area contributed by atoms with Gasteiger partial charge in [-0.3, -0.25) is 8.96 Å². The Bertz CT molecular complexity index is 4270. The molecule has 15 nitrogen and oxygen atoms in total. The average Bonchev–Trinajstić information content (AvgIpc) is 1.79. The molecule has 0 spiro atoms. The standard InChI is InChI=1S/C18H23N.C17H27N.C15H19NS.C14H25NSi.C11H18BNO2.C11H16FN.C11H18NO3P.C11H17N.CO2/c1-15-11-13-16(14-12-15)7-5-6-10-18(19)17-8-3-2-4-9-17;18-17(16-12-5-2-6-13-16)14-8-7-11-15-9-3-1-4-10-15;16-15(13-7-2-1-3-8-13)11-5-4-9-14-10-6-12-17-14;1-16(2,3)12-8-7-11-14(15)13-9-5-4-6-10-13;13-11(8-4-5-9-12(14)15)10-6-2-1-3-7-10;12-9-5-4-8-11(13)10-6-2-1-3-7-10;12-11(10-6-2-1-3-7-10)8-4-5-9-16(13,14)15;1-2-3-9-11(12)10-7-5-4-6-8-10;2-1-3/h2-4,8-9,11-14,18H,5-7,10,19H2,1H3;2,5-6,12-13,15,17H,1,3-4,7-11,14,18H2;1-3,6-8,10,12,15H,4-5,9,11,16H2;4-6,9-10,14H,7-8,11-12,15H2,1-3H3;1-3,6-7,11,14-15H,4-5,8-9,13H2;1-3,6-7,11H,4-5,8-9,13H2;1-3,6-7,11H,4-5,8-9,12H2,(H2,13,14,15);4-8,11H,2-3,9,12H2,1H3;/p+8. The first-order valence-electron chi connectivity index (χ1n) is 48.3. The second-order valence-electron chi connectivity index (χ2n) is 36.1. The van der Waals surface area contributed by atoms with E-state index >= 15 is 0 Å². The van der Waals surface area contributed by atoms with E-state index in [1.165, 1.54) is 214 Å². The SMILES string of the molecule is CCCCC([NH3+])c1ccccc1.C[Si](C)(C)CCCCC([NH3+])c1ccccc1.Cc1ccc(CCCCC([NH3+])c2ccccc2)cc1.O=C=O.[NH3+]C(CCCCB(O)O)c1ccccc1.[NH3+]C(CCCCC1CCCCC1)c1ccccc1.[NH3+]C(CCCCF)c1ccccc1.[NH3+]C(CCCCP(=O)(O)O)c1ccccc1.[NH3+]C(CCCCc1cccs1)c1ccccc1. The maximum absolute atomic E-state index is 11.8. The number of halogens is 1. The monoisotopic (exact) mass is 1830 g/mol. The third kappa shape index (κ3) is 60.7. The lowest BCUT2D eigenvalue weighted by molar-refractivity contribution is -0.428. The van der Waals surface area contributed by atoms with E-state index in [0.717, 1.165) is 50.9 Å². The highest BCUT2D eigenvalue weighted by Gasteiger charge is 2.19. The Hall–Kier alpha value is -7.98. The van der Waals surface area contributed by atoms with Gasteiger partial charge in [0.2, 0.25) is 0 Å². The van der Waals surface area contributed by atoms with Gasteiger partial charge >= 0.3 is 20.9 Å². The Morgan fingerprint density at radius 3 is 0.977 bits per heavy atom. The van der Waals surface area contributed by atoms with Crippen LogP contribution in [0.1, 0.15) is 308 Å². The van der Waals surface area contributed by atoms with E-state index in [0.29, 0.717) is 61.5 Å². The normalized spacial score (nSPS) is 13.5. The third-order valence-corrected chi connectivity index (χ3v) is 27.3. The van der Waals surface area contributed by atoms with Crippen LogP contribution in [0.25, 0.3) is 0 Å². The zero-order chi connectivity index (χ0) is 94.2. The van der Waals surface area contributed by atoms with Crippen molar-refractivity contribution >= 4 is 40.3 Å². The van der Waals surface area contributed by atoms with E-state index in [4.69, 9.17) is 29.4 Å². The molecule has 1 fully saturated rings. The number of rotatable bonds is 45. The summed E-state index contributed by atoms with van der Waals surface area (Å²) in [6.07, 6.45) is 38.7. The van der Waals surface area contributed by atoms with Gasteiger partial charge in [-0.2, -0.15) is 9.59 Å². The quantitative estimate of drug-likeness (QED) is 0.00993. The van der Waals surface area contributed by atoms with Gasteiger partial charge in [-0.1, -0.05) is 375 Å². The topological polar surface area (TPSA) is 353 Å².